The molecule has 3 atom stereocenters. The molecule has 0 spiro atoms. The van der Waals surface area contributed by atoms with Crippen molar-refractivity contribution in [3.8, 4) is 0 Å². The quantitative estimate of drug-likeness (QED) is 0.681. The molecule has 1 aromatic carbocycles. The molecule has 1 amide bonds. The van der Waals surface area contributed by atoms with Gasteiger partial charge in [0.1, 0.15) is 0 Å². The molecule has 1 saturated carbocycles. The first-order valence-corrected chi connectivity index (χ1v) is 11.9. The number of carbonyl (C=O) groups excluding carboxylic acids is 2. The molecule has 1 heterocycles. The lowest BCUT2D eigenvalue weighted by molar-refractivity contribution is -0.130. The molecular formula is C21H30N2O6S. The van der Waals surface area contributed by atoms with Crippen LogP contribution in [0.25, 0.3) is 0 Å². The Hall–Kier alpha value is -1.97. The fourth-order valence-corrected chi connectivity index (χ4v) is 5.29. The average molecular weight is 439 g/mol. The summed E-state index contributed by atoms with van der Waals surface area (Å²) in [6.45, 7) is 4.86. The molecule has 2 fully saturated rings. The number of ether oxygens (including phenoxy) is 2. The van der Waals surface area contributed by atoms with Crippen LogP contribution in [0.2, 0.25) is 0 Å². The van der Waals surface area contributed by atoms with Crippen molar-refractivity contribution in [2.45, 2.75) is 56.6 Å². The minimum Gasteiger partial charge on any atom is -0.449 e. The molecular weight excluding hydrogens is 408 g/mol. The van der Waals surface area contributed by atoms with E-state index in [0.29, 0.717) is 19.1 Å². The second-order valence-electron chi connectivity index (χ2n) is 7.97. The van der Waals surface area contributed by atoms with E-state index in [0.717, 1.165) is 19.3 Å². The monoisotopic (exact) mass is 438 g/mol. The van der Waals surface area contributed by atoms with Gasteiger partial charge in [-0.15, -0.1) is 0 Å². The predicted molar refractivity (Wildman–Crippen MR) is 110 cm³/mol. The lowest BCUT2D eigenvalue weighted by Crippen LogP contribution is -2.46. The Balaban J connectivity index is 1.63. The first kappa shape index (κ1) is 22.7. The lowest BCUT2D eigenvalue weighted by atomic mass is 9.86. The molecule has 1 aliphatic carbocycles. The summed E-state index contributed by atoms with van der Waals surface area (Å²) in [6, 6.07) is 5.81. The first-order valence-electron chi connectivity index (χ1n) is 10.5. The molecule has 0 radical (unpaired) electrons. The maximum absolute atomic E-state index is 12.8. The largest absolute Gasteiger partial charge is 0.449 e. The summed E-state index contributed by atoms with van der Waals surface area (Å²) in [6.07, 6.45) is 3.28. The van der Waals surface area contributed by atoms with Gasteiger partial charge in [0.2, 0.25) is 10.0 Å². The summed E-state index contributed by atoms with van der Waals surface area (Å²) in [7, 11) is -3.72. The van der Waals surface area contributed by atoms with E-state index in [1.807, 2.05) is 0 Å². The normalized spacial score (nSPS) is 24.1. The Kier molecular flexibility index (Phi) is 7.49. The highest BCUT2D eigenvalue weighted by Crippen LogP contribution is 2.24. The van der Waals surface area contributed by atoms with E-state index < -0.39 is 22.1 Å². The van der Waals surface area contributed by atoms with E-state index in [1.165, 1.54) is 41.9 Å². The fraction of sp³-hybridized carbons (Fsp3) is 0.619. The smallest absolute Gasteiger partial charge is 0.338 e. The second kappa shape index (κ2) is 9.89. The zero-order valence-corrected chi connectivity index (χ0v) is 18.3. The van der Waals surface area contributed by atoms with Crippen molar-refractivity contribution in [3.05, 3.63) is 29.8 Å². The third kappa shape index (κ3) is 5.39. The van der Waals surface area contributed by atoms with E-state index in [1.54, 1.807) is 0 Å². The predicted octanol–water partition coefficient (Wildman–Crippen LogP) is 1.95. The van der Waals surface area contributed by atoms with Crippen LogP contribution < -0.4 is 5.32 Å². The first-order chi connectivity index (χ1) is 14.3. The van der Waals surface area contributed by atoms with Gasteiger partial charge in [-0.25, -0.2) is 13.2 Å². The van der Waals surface area contributed by atoms with Gasteiger partial charge in [0.05, 0.1) is 23.7 Å². The van der Waals surface area contributed by atoms with Crippen LogP contribution in [0.15, 0.2) is 29.2 Å². The highest BCUT2D eigenvalue weighted by molar-refractivity contribution is 7.89. The van der Waals surface area contributed by atoms with Gasteiger partial charge in [-0.3, -0.25) is 4.79 Å². The van der Waals surface area contributed by atoms with Crippen LogP contribution in [0.1, 0.15) is 49.9 Å². The minimum atomic E-state index is -3.72. The third-order valence-corrected chi connectivity index (χ3v) is 7.66. The molecule has 1 aromatic rings. The molecule has 0 unspecified atom stereocenters. The average Bonchev–Trinajstić information content (AvgIpc) is 2.76. The number of nitrogens with zero attached hydrogens (tertiary/aromatic N) is 1. The van der Waals surface area contributed by atoms with Gasteiger partial charge in [-0.2, -0.15) is 4.31 Å². The Bertz CT molecular complexity index is 866. The molecule has 30 heavy (non-hydrogen) atoms. The van der Waals surface area contributed by atoms with Crippen LogP contribution >= 0.6 is 0 Å². The molecule has 9 heteroatoms. The standard InChI is InChI=1S/C21H30N2O6S/c1-15-6-3-4-9-19(15)22-20(24)16(2)29-21(25)17-7-5-8-18(14-17)30(26,27)23-10-12-28-13-11-23/h5,7-8,14-16,19H,3-4,6,9-13H2,1-2H3,(H,22,24)/t15-,16-,19-/m0/s1. The summed E-state index contributed by atoms with van der Waals surface area (Å²) in [5.41, 5.74) is 0.0926. The Morgan fingerprint density at radius 3 is 2.60 bits per heavy atom. The number of amides is 1. The minimum absolute atomic E-state index is 0.0204. The Morgan fingerprint density at radius 2 is 1.90 bits per heavy atom. The molecule has 1 N–H and O–H groups in total. The van der Waals surface area contributed by atoms with E-state index in [-0.39, 0.29) is 35.5 Å². The summed E-state index contributed by atoms with van der Waals surface area (Å²) >= 11 is 0. The number of hydrogen-bond acceptors (Lipinski definition) is 6. The number of morpholine rings is 1. The van der Waals surface area contributed by atoms with Crippen molar-refractivity contribution >= 4 is 21.9 Å². The SMILES string of the molecule is C[C@H](OC(=O)c1cccc(S(=O)(=O)N2CCOCC2)c1)C(=O)N[C@H]1CCCC[C@@H]1C. The number of esters is 1. The molecule has 8 nitrogen and oxygen atoms in total. The molecule has 3 rings (SSSR count). The number of rotatable bonds is 6. The topological polar surface area (TPSA) is 102 Å². The van der Waals surface area contributed by atoms with Crippen LogP contribution in [0, 0.1) is 5.92 Å². The van der Waals surface area contributed by atoms with Gasteiger partial charge in [-0.1, -0.05) is 25.8 Å². The number of carbonyl (C=O) groups is 2. The summed E-state index contributed by atoms with van der Waals surface area (Å²) in [4.78, 5) is 25.0. The van der Waals surface area contributed by atoms with E-state index in [4.69, 9.17) is 9.47 Å². The van der Waals surface area contributed by atoms with Crippen molar-refractivity contribution in [3.63, 3.8) is 0 Å². The van der Waals surface area contributed by atoms with Gasteiger partial charge in [0.25, 0.3) is 5.91 Å². The van der Waals surface area contributed by atoms with Crippen LogP contribution in [-0.4, -0.2) is 63.0 Å². The van der Waals surface area contributed by atoms with Crippen molar-refractivity contribution < 1.29 is 27.5 Å². The van der Waals surface area contributed by atoms with Crippen LogP contribution in [0.4, 0.5) is 0 Å². The molecule has 166 valence electrons. The van der Waals surface area contributed by atoms with Gasteiger partial charge in [0, 0.05) is 19.1 Å². The fourth-order valence-electron chi connectivity index (χ4n) is 3.83. The summed E-state index contributed by atoms with van der Waals surface area (Å²) in [5, 5.41) is 2.97. The third-order valence-electron chi connectivity index (χ3n) is 5.77. The lowest BCUT2D eigenvalue weighted by Gasteiger charge is -2.30. The molecule has 1 aliphatic heterocycles. The zero-order chi connectivity index (χ0) is 21.7. The van der Waals surface area contributed by atoms with E-state index in [9.17, 15) is 18.0 Å². The molecule has 1 saturated heterocycles. The summed E-state index contributed by atoms with van der Waals surface area (Å²) < 4.78 is 37.4. The van der Waals surface area contributed by atoms with Crippen molar-refractivity contribution in [1.29, 1.82) is 0 Å². The summed E-state index contributed by atoms with van der Waals surface area (Å²) in [5.74, 6) is -0.666. The van der Waals surface area contributed by atoms with Crippen molar-refractivity contribution in [2.24, 2.45) is 5.92 Å². The van der Waals surface area contributed by atoms with Crippen molar-refractivity contribution in [2.75, 3.05) is 26.3 Å². The molecule has 2 aliphatic rings. The van der Waals surface area contributed by atoms with Crippen LogP contribution in [0.3, 0.4) is 0 Å². The van der Waals surface area contributed by atoms with Gasteiger partial charge >= 0.3 is 5.97 Å². The molecule has 0 aromatic heterocycles. The maximum Gasteiger partial charge on any atom is 0.338 e. The van der Waals surface area contributed by atoms with E-state index in [2.05, 4.69) is 12.2 Å². The van der Waals surface area contributed by atoms with Crippen molar-refractivity contribution in [1.82, 2.24) is 9.62 Å². The number of hydrogen-bond donors (Lipinski definition) is 1. The van der Waals surface area contributed by atoms with Gasteiger partial charge < -0.3 is 14.8 Å². The number of nitrogens with one attached hydrogen (secondary N) is 1. The van der Waals surface area contributed by atoms with E-state index >= 15 is 0 Å². The second-order valence-corrected chi connectivity index (χ2v) is 9.91. The van der Waals surface area contributed by atoms with Gasteiger partial charge in [0.15, 0.2) is 6.10 Å². The maximum atomic E-state index is 12.8. The number of sulfonamides is 1. The number of benzene rings is 1. The highest BCUT2D eigenvalue weighted by atomic mass is 32.2. The molecule has 0 bridgehead atoms. The Labute approximate surface area is 178 Å². The Morgan fingerprint density at radius 1 is 1.20 bits per heavy atom. The highest BCUT2D eigenvalue weighted by Gasteiger charge is 2.29. The van der Waals surface area contributed by atoms with Crippen LogP contribution in [-0.2, 0) is 24.3 Å². The van der Waals surface area contributed by atoms with Gasteiger partial charge in [-0.05, 0) is 43.9 Å². The van der Waals surface area contributed by atoms with Crippen LogP contribution in [0.5, 0.6) is 0 Å². The zero-order valence-electron chi connectivity index (χ0n) is 17.5.